The van der Waals surface area contributed by atoms with E-state index >= 15 is 0 Å². The predicted octanol–water partition coefficient (Wildman–Crippen LogP) is 6.00. The summed E-state index contributed by atoms with van der Waals surface area (Å²) in [5.74, 6) is 0. The normalized spacial score (nSPS) is 13.6. The summed E-state index contributed by atoms with van der Waals surface area (Å²) in [4.78, 5) is 0. The molecule has 0 aromatic carbocycles. The molecule has 0 spiro atoms. The Morgan fingerprint density at radius 1 is 0.633 bits per heavy atom. The van der Waals surface area contributed by atoms with Gasteiger partial charge in [0.2, 0.25) is 0 Å². The van der Waals surface area contributed by atoms with Gasteiger partial charge in [-0.05, 0) is 12.8 Å². The number of aliphatic hydroxyl groups is 2. The molecule has 0 aromatic heterocycles. The average Bonchev–Trinajstić information content (AvgIpc) is 2.76. The molecule has 0 aromatic rings. The molecule has 2 unspecified atom stereocenters. The zero-order valence-corrected chi connectivity index (χ0v) is 20.1. The van der Waals surface area contributed by atoms with E-state index < -0.39 is 6.10 Å². The molecule has 5 heteroatoms. The molecule has 5 nitrogen and oxygen atoms in total. The second-order valence-corrected chi connectivity index (χ2v) is 8.42. The van der Waals surface area contributed by atoms with Gasteiger partial charge in [0, 0.05) is 0 Å². The van der Waals surface area contributed by atoms with Crippen LogP contribution in [0.25, 0.3) is 0 Å². The van der Waals surface area contributed by atoms with Crippen molar-refractivity contribution in [1.82, 2.24) is 0 Å². The minimum atomic E-state index is -0.411. The molecule has 182 valence electrons. The molecule has 0 amide bonds. The van der Waals surface area contributed by atoms with Crippen LogP contribution in [0.3, 0.4) is 0 Å². The van der Waals surface area contributed by atoms with E-state index in [1.807, 2.05) is 6.92 Å². The smallest absolute Gasteiger partial charge is 0.157 e. The fourth-order valence-electron chi connectivity index (χ4n) is 3.57. The Hall–Kier alpha value is -0.200. The maximum absolute atomic E-state index is 10.1. The lowest BCUT2D eigenvalue weighted by Gasteiger charge is -2.19. The van der Waals surface area contributed by atoms with Crippen LogP contribution in [0.15, 0.2) is 0 Å². The van der Waals surface area contributed by atoms with Crippen molar-refractivity contribution >= 4 is 0 Å². The summed E-state index contributed by atoms with van der Waals surface area (Å²) in [5, 5.41) is 18.7. The van der Waals surface area contributed by atoms with Crippen molar-refractivity contribution in [2.45, 2.75) is 129 Å². The topological polar surface area (TPSA) is 68.2 Å². The van der Waals surface area contributed by atoms with Gasteiger partial charge in [-0.3, -0.25) is 0 Å². The first kappa shape index (κ1) is 29.8. The molecule has 0 radical (unpaired) electrons. The van der Waals surface area contributed by atoms with Crippen LogP contribution in [0, 0.1) is 0 Å². The van der Waals surface area contributed by atoms with Crippen LogP contribution in [-0.4, -0.2) is 55.6 Å². The number of rotatable bonds is 25. The lowest BCUT2D eigenvalue weighted by molar-refractivity contribution is -0.165. The summed E-state index contributed by atoms with van der Waals surface area (Å²) in [6.45, 7) is 5.85. The Morgan fingerprint density at radius 2 is 1.17 bits per heavy atom. The standard InChI is InChI=1S/C25H52O5/c1-3-5-6-7-8-9-10-11-12-13-14-15-16-17-18-24(27)23-30-25(4-2)29-22-21-28-20-19-26/h24-27H,3-23H2,1-2H3. The monoisotopic (exact) mass is 432 g/mol. The number of hydrogen-bond acceptors (Lipinski definition) is 5. The van der Waals surface area contributed by atoms with Crippen molar-refractivity contribution in [1.29, 1.82) is 0 Å². The molecule has 0 bridgehead atoms. The van der Waals surface area contributed by atoms with E-state index in [0.717, 1.165) is 19.3 Å². The largest absolute Gasteiger partial charge is 0.394 e. The molecule has 0 saturated carbocycles. The highest BCUT2D eigenvalue weighted by Gasteiger charge is 2.11. The van der Waals surface area contributed by atoms with Gasteiger partial charge in [0.25, 0.3) is 0 Å². The van der Waals surface area contributed by atoms with Crippen molar-refractivity contribution < 1.29 is 24.4 Å². The van der Waals surface area contributed by atoms with Gasteiger partial charge in [-0.2, -0.15) is 0 Å². The molecule has 0 heterocycles. The van der Waals surface area contributed by atoms with Gasteiger partial charge in [-0.25, -0.2) is 0 Å². The number of aliphatic hydroxyl groups excluding tert-OH is 2. The van der Waals surface area contributed by atoms with Crippen LogP contribution in [0.4, 0.5) is 0 Å². The van der Waals surface area contributed by atoms with Gasteiger partial charge in [-0.15, -0.1) is 0 Å². The number of hydrogen-bond donors (Lipinski definition) is 2. The Morgan fingerprint density at radius 3 is 1.67 bits per heavy atom. The quantitative estimate of drug-likeness (QED) is 0.137. The Kier molecular flexibility index (Phi) is 24.9. The highest BCUT2D eigenvalue weighted by atomic mass is 16.7. The van der Waals surface area contributed by atoms with Crippen molar-refractivity contribution in [2.24, 2.45) is 0 Å². The predicted molar refractivity (Wildman–Crippen MR) is 125 cm³/mol. The molecule has 0 saturated heterocycles. The molecular weight excluding hydrogens is 380 g/mol. The Labute approximate surface area is 186 Å². The van der Waals surface area contributed by atoms with Crippen LogP contribution >= 0.6 is 0 Å². The first-order chi connectivity index (χ1) is 14.7. The van der Waals surface area contributed by atoms with Gasteiger partial charge in [0.05, 0.1) is 39.1 Å². The van der Waals surface area contributed by atoms with Crippen LogP contribution in [0.5, 0.6) is 0 Å². The van der Waals surface area contributed by atoms with Crippen LogP contribution < -0.4 is 0 Å². The average molecular weight is 433 g/mol. The van der Waals surface area contributed by atoms with E-state index in [9.17, 15) is 5.11 Å². The highest BCUT2D eigenvalue weighted by Crippen LogP contribution is 2.14. The van der Waals surface area contributed by atoms with Crippen LogP contribution in [-0.2, 0) is 14.2 Å². The summed E-state index contributed by atoms with van der Waals surface area (Å²) < 4.78 is 16.4. The second-order valence-electron chi connectivity index (χ2n) is 8.42. The minimum absolute atomic E-state index is 0.0269. The third-order valence-corrected chi connectivity index (χ3v) is 5.47. The van der Waals surface area contributed by atoms with E-state index in [1.165, 1.54) is 83.5 Å². The first-order valence-corrected chi connectivity index (χ1v) is 12.8. The van der Waals surface area contributed by atoms with E-state index in [2.05, 4.69) is 6.92 Å². The van der Waals surface area contributed by atoms with Crippen LogP contribution in [0.2, 0.25) is 0 Å². The summed E-state index contributed by atoms with van der Waals surface area (Å²) in [5.41, 5.74) is 0. The van der Waals surface area contributed by atoms with E-state index in [1.54, 1.807) is 0 Å². The molecule has 30 heavy (non-hydrogen) atoms. The fraction of sp³-hybridized carbons (Fsp3) is 1.00. The van der Waals surface area contributed by atoms with E-state index in [0.29, 0.717) is 26.4 Å². The molecule has 0 fully saturated rings. The van der Waals surface area contributed by atoms with Crippen molar-refractivity contribution in [3.8, 4) is 0 Å². The lowest BCUT2D eigenvalue weighted by atomic mass is 10.0. The van der Waals surface area contributed by atoms with E-state index in [-0.39, 0.29) is 12.9 Å². The first-order valence-electron chi connectivity index (χ1n) is 12.8. The number of unbranched alkanes of at least 4 members (excludes halogenated alkanes) is 13. The van der Waals surface area contributed by atoms with Gasteiger partial charge >= 0.3 is 0 Å². The highest BCUT2D eigenvalue weighted by molar-refractivity contribution is 4.56. The molecular formula is C25H52O5. The minimum Gasteiger partial charge on any atom is -0.394 e. The van der Waals surface area contributed by atoms with E-state index in [4.69, 9.17) is 19.3 Å². The lowest BCUT2D eigenvalue weighted by Crippen LogP contribution is -2.25. The zero-order valence-electron chi connectivity index (χ0n) is 20.1. The maximum Gasteiger partial charge on any atom is 0.157 e. The maximum atomic E-state index is 10.1. The summed E-state index contributed by atoms with van der Waals surface area (Å²) >= 11 is 0. The summed E-state index contributed by atoms with van der Waals surface area (Å²) in [6, 6.07) is 0. The molecule has 0 rings (SSSR count). The molecule has 2 atom stereocenters. The van der Waals surface area contributed by atoms with Gasteiger partial charge in [0.1, 0.15) is 0 Å². The van der Waals surface area contributed by atoms with Gasteiger partial charge in [-0.1, -0.05) is 104 Å². The summed E-state index contributed by atoms with van der Waals surface area (Å²) in [6.07, 6.45) is 19.7. The number of ether oxygens (including phenoxy) is 3. The van der Waals surface area contributed by atoms with Crippen LogP contribution in [0.1, 0.15) is 117 Å². The zero-order chi connectivity index (χ0) is 22.1. The molecule has 0 aliphatic carbocycles. The fourth-order valence-corrected chi connectivity index (χ4v) is 3.57. The molecule has 0 aliphatic rings. The molecule has 2 N–H and O–H groups in total. The van der Waals surface area contributed by atoms with Gasteiger partial charge in [0.15, 0.2) is 6.29 Å². The Bertz CT molecular complexity index is 314. The van der Waals surface area contributed by atoms with Gasteiger partial charge < -0.3 is 24.4 Å². The Balaban J connectivity index is 3.35. The van der Waals surface area contributed by atoms with Crippen molar-refractivity contribution in [3.63, 3.8) is 0 Å². The summed E-state index contributed by atoms with van der Waals surface area (Å²) in [7, 11) is 0. The van der Waals surface area contributed by atoms with Crippen molar-refractivity contribution in [3.05, 3.63) is 0 Å². The SMILES string of the molecule is CCCCCCCCCCCCCCCCC(O)COC(CC)OCCOCCO. The molecule has 0 aliphatic heterocycles. The third-order valence-electron chi connectivity index (χ3n) is 5.47. The second kappa shape index (κ2) is 25.1. The third kappa shape index (κ3) is 22.5. The van der Waals surface area contributed by atoms with Crippen molar-refractivity contribution in [2.75, 3.05) is 33.0 Å².